The van der Waals surface area contributed by atoms with Crippen LogP contribution >= 0.6 is 0 Å². The molecule has 2 saturated carbocycles. The number of hydrogen-bond donors (Lipinski definition) is 1. The second-order valence-electron chi connectivity index (χ2n) is 8.34. The van der Waals surface area contributed by atoms with E-state index in [0.717, 1.165) is 36.5 Å². The maximum atomic E-state index is 10.5. The van der Waals surface area contributed by atoms with Crippen LogP contribution in [0.3, 0.4) is 0 Å². The molecule has 0 heterocycles. The number of unbranched alkanes of at least 4 members (excludes halogenated alkanes) is 2. The predicted molar refractivity (Wildman–Crippen MR) is 96.5 cm³/mol. The van der Waals surface area contributed by atoms with Gasteiger partial charge in [0.1, 0.15) is 0 Å². The van der Waals surface area contributed by atoms with E-state index in [1.54, 1.807) is 0 Å². The Morgan fingerprint density at radius 2 is 1.30 bits per heavy atom. The molecule has 2 nitrogen and oxygen atoms in total. The summed E-state index contributed by atoms with van der Waals surface area (Å²) in [5.41, 5.74) is 0. The molecule has 0 atom stereocenters. The molecule has 0 unspecified atom stereocenters. The molecule has 2 aliphatic carbocycles. The molecule has 2 rings (SSSR count). The quantitative estimate of drug-likeness (QED) is 0.496. The number of carboxylic acids is 1. The first-order chi connectivity index (χ1) is 11.2. The lowest BCUT2D eigenvalue weighted by molar-refractivity contribution is -0.137. The van der Waals surface area contributed by atoms with Crippen LogP contribution in [0.1, 0.15) is 103 Å². The van der Waals surface area contributed by atoms with Gasteiger partial charge >= 0.3 is 5.97 Å². The van der Waals surface area contributed by atoms with E-state index in [2.05, 4.69) is 6.92 Å². The Labute approximate surface area is 143 Å². The zero-order valence-corrected chi connectivity index (χ0v) is 15.3. The van der Waals surface area contributed by atoms with Crippen LogP contribution in [-0.4, -0.2) is 11.1 Å². The molecule has 0 bridgehead atoms. The highest BCUT2D eigenvalue weighted by molar-refractivity contribution is 5.66. The summed E-state index contributed by atoms with van der Waals surface area (Å²) in [6.45, 7) is 2.33. The van der Waals surface area contributed by atoms with Crippen LogP contribution < -0.4 is 0 Å². The van der Waals surface area contributed by atoms with Gasteiger partial charge in [-0.05, 0) is 55.8 Å². The molecule has 1 N–H and O–H groups in total. The number of carboxylic acid groups (broad SMARTS) is 1. The summed E-state index contributed by atoms with van der Waals surface area (Å²) in [5, 5.41) is 8.66. The van der Waals surface area contributed by atoms with E-state index in [9.17, 15) is 4.79 Å². The van der Waals surface area contributed by atoms with Gasteiger partial charge in [-0.1, -0.05) is 64.7 Å². The number of carbonyl (C=O) groups is 1. The zero-order chi connectivity index (χ0) is 16.5. The van der Waals surface area contributed by atoms with E-state index < -0.39 is 5.97 Å². The summed E-state index contributed by atoms with van der Waals surface area (Å²) >= 11 is 0. The van der Waals surface area contributed by atoms with Crippen LogP contribution in [0.4, 0.5) is 0 Å². The second-order valence-corrected chi connectivity index (χ2v) is 8.34. The first kappa shape index (κ1) is 18.8. The van der Waals surface area contributed by atoms with Crippen molar-refractivity contribution in [3.8, 4) is 0 Å². The molecule has 0 aromatic carbocycles. The van der Waals surface area contributed by atoms with Gasteiger partial charge in [0.15, 0.2) is 0 Å². The van der Waals surface area contributed by atoms with Crippen LogP contribution in [0.5, 0.6) is 0 Å². The highest BCUT2D eigenvalue weighted by Crippen LogP contribution is 2.43. The number of rotatable bonds is 9. The molecule has 0 amide bonds. The Balaban J connectivity index is 1.55. The van der Waals surface area contributed by atoms with Gasteiger partial charge in [-0.25, -0.2) is 0 Å². The van der Waals surface area contributed by atoms with Crippen molar-refractivity contribution >= 4 is 5.97 Å². The lowest BCUT2D eigenvalue weighted by Crippen LogP contribution is -2.25. The molecule has 2 aliphatic rings. The van der Waals surface area contributed by atoms with Crippen molar-refractivity contribution in [2.45, 2.75) is 103 Å². The molecule has 0 radical (unpaired) electrons. The largest absolute Gasteiger partial charge is 0.481 e. The van der Waals surface area contributed by atoms with Crippen molar-refractivity contribution < 1.29 is 9.90 Å². The Morgan fingerprint density at radius 3 is 1.78 bits per heavy atom. The second kappa shape index (κ2) is 10.4. The van der Waals surface area contributed by atoms with E-state index in [1.807, 2.05) is 0 Å². The Morgan fingerprint density at radius 1 is 0.783 bits per heavy atom. The zero-order valence-electron chi connectivity index (χ0n) is 15.3. The molecule has 0 aliphatic heterocycles. The lowest BCUT2D eigenvalue weighted by Gasteiger charge is -2.38. The van der Waals surface area contributed by atoms with E-state index in [-0.39, 0.29) is 0 Å². The fourth-order valence-electron chi connectivity index (χ4n) is 5.19. The maximum Gasteiger partial charge on any atom is 0.303 e. The first-order valence-corrected chi connectivity index (χ1v) is 10.4. The van der Waals surface area contributed by atoms with Gasteiger partial charge in [0, 0.05) is 6.42 Å². The molecule has 134 valence electrons. The topological polar surface area (TPSA) is 37.3 Å². The molecular weight excluding hydrogens is 284 g/mol. The predicted octanol–water partition coefficient (Wildman–Crippen LogP) is 6.43. The third-order valence-electron chi connectivity index (χ3n) is 6.65. The Hall–Kier alpha value is -0.530. The van der Waals surface area contributed by atoms with Crippen LogP contribution in [0.25, 0.3) is 0 Å². The molecule has 0 spiro atoms. The molecule has 0 saturated heterocycles. The third-order valence-corrected chi connectivity index (χ3v) is 6.65. The van der Waals surface area contributed by atoms with Crippen molar-refractivity contribution in [3.05, 3.63) is 0 Å². The summed E-state index contributed by atoms with van der Waals surface area (Å²) in [6, 6.07) is 0. The minimum atomic E-state index is -0.640. The molecule has 0 aromatic heterocycles. The van der Waals surface area contributed by atoms with Crippen LogP contribution in [0, 0.1) is 23.7 Å². The molecule has 23 heavy (non-hydrogen) atoms. The minimum absolute atomic E-state index is 0.355. The molecule has 0 aromatic rings. The van der Waals surface area contributed by atoms with Gasteiger partial charge in [-0.15, -0.1) is 0 Å². The standard InChI is InChI=1S/C21H38O2/c1-2-6-17-9-13-19(14-10-17)20-15-11-18(12-16-20)7-4-3-5-8-21(22)23/h17-20H,2-16H2,1H3,(H,22,23). The molecule has 2 fully saturated rings. The van der Waals surface area contributed by atoms with Gasteiger partial charge < -0.3 is 5.11 Å². The van der Waals surface area contributed by atoms with E-state index in [0.29, 0.717) is 6.42 Å². The van der Waals surface area contributed by atoms with E-state index in [4.69, 9.17) is 5.11 Å². The summed E-state index contributed by atoms with van der Waals surface area (Å²) < 4.78 is 0. The van der Waals surface area contributed by atoms with Crippen LogP contribution in [-0.2, 0) is 4.79 Å². The monoisotopic (exact) mass is 322 g/mol. The number of aliphatic carboxylic acids is 1. The Kier molecular flexibility index (Phi) is 8.47. The molecular formula is C21H38O2. The summed E-state index contributed by atoms with van der Waals surface area (Å²) in [5.74, 6) is 3.41. The highest BCUT2D eigenvalue weighted by atomic mass is 16.4. The maximum absolute atomic E-state index is 10.5. The van der Waals surface area contributed by atoms with Gasteiger partial charge in [-0.2, -0.15) is 0 Å². The SMILES string of the molecule is CCCC1CCC(C2CCC(CCCCCC(=O)O)CC2)CC1. The molecule has 2 heteroatoms. The van der Waals surface area contributed by atoms with Crippen molar-refractivity contribution in [1.82, 2.24) is 0 Å². The lowest BCUT2D eigenvalue weighted by atomic mass is 9.68. The van der Waals surface area contributed by atoms with Gasteiger partial charge in [0.25, 0.3) is 0 Å². The Bertz CT molecular complexity index is 323. The van der Waals surface area contributed by atoms with E-state index >= 15 is 0 Å². The fraction of sp³-hybridized carbons (Fsp3) is 0.952. The van der Waals surface area contributed by atoms with Gasteiger partial charge in [-0.3, -0.25) is 4.79 Å². The summed E-state index contributed by atoms with van der Waals surface area (Å²) in [7, 11) is 0. The van der Waals surface area contributed by atoms with Gasteiger partial charge in [0.05, 0.1) is 0 Å². The fourth-order valence-corrected chi connectivity index (χ4v) is 5.19. The smallest absolute Gasteiger partial charge is 0.303 e. The normalized spacial score (nSPS) is 31.9. The van der Waals surface area contributed by atoms with Crippen LogP contribution in [0.2, 0.25) is 0 Å². The summed E-state index contributed by atoms with van der Waals surface area (Å²) in [4.78, 5) is 10.5. The van der Waals surface area contributed by atoms with E-state index in [1.165, 1.54) is 77.0 Å². The average Bonchev–Trinajstić information content (AvgIpc) is 2.56. The number of hydrogen-bond acceptors (Lipinski definition) is 1. The van der Waals surface area contributed by atoms with Crippen molar-refractivity contribution in [2.75, 3.05) is 0 Å². The van der Waals surface area contributed by atoms with Crippen molar-refractivity contribution in [2.24, 2.45) is 23.7 Å². The van der Waals surface area contributed by atoms with Crippen molar-refractivity contribution in [3.63, 3.8) is 0 Å². The van der Waals surface area contributed by atoms with Crippen LogP contribution in [0.15, 0.2) is 0 Å². The average molecular weight is 323 g/mol. The highest BCUT2D eigenvalue weighted by Gasteiger charge is 2.30. The van der Waals surface area contributed by atoms with Crippen molar-refractivity contribution in [1.29, 1.82) is 0 Å². The minimum Gasteiger partial charge on any atom is -0.481 e. The van der Waals surface area contributed by atoms with Gasteiger partial charge in [0.2, 0.25) is 0 Å². The first-order valence-electron chi connectivity index (χ1n) is 10.4. The third kappa shape index (κ3) is 6.85. The summed E-state index contributed by atoms with van der Waals surface area (Å²) in [6.07, 6.45) is 19.6.